The van der Waals surface area contributed by atoms with Crippen LogP contribution in [0.25, 0.3) is 0 Å². The second-order valence-electron chi connectivity index (χ2n) is 19.2. The van der Waals surface area contributed by atoms with Gasteiger partial charge in [-0.1, -0.05) is 182 Å². The lowest BCUT2D eigenvalue weighted by Gasteiger charge is -2.48. The molecule has 0 saturated carbocycles. The van der Waals surface area contributed by atoms with E-state index in [2.05, 4.69) is 0 Å². The first-order valence-electron chi connectivity index (χ1n) is 25.0. The summed E-state index contributed by atoms with van der Waals surface area (Å²) < 4.78 is 74.5. The maximum Gasteiger partial charge on any atom is 0.332 e. The fourth-order valence-corrected chi connectivity index (χ4v) is 8.85. The third-order valence-electron chi connectivity index (χ3n) is 12.3. The molecule has 0 aliphatic carbocycles. The normalized spacial score (nSPS) is 24.1. The van der Waals surface area contributed by atoms with Crippen molar-refractivity contribution in [2.75, 3.05) is 26.4 Å². The van der Waals surface area contributed by atoms with E-state index in [1.54, 1.807) is 20.8 Å². The first-order chi connectivity index (χ1) is 35.6. The highest BCUT2D eigenvalue weighted by molar-refractivity contribution is 5.71. The monoisotopic (exact) mass is 996 g/mol. The van der Waals surface area contributed by atoms with Gasteiger partial charge in [-0.15, -0.1) is 0 Å². The van der Waals surface area contributed by atoms with E-state index in [9.17, 15) is 9.90 Å². The zero-order chi connectivity index (χ0) is 50.7. The van der Waals surface area contributed by atoms with Gasteiger partial charge in [-0.2, -0.15) is 0 Å². The highest BCUT2D eigenvalue weighted by atomic mass is 16.8. The zero-order valence-corrected chi connectivity index (χ0v) is 41.9. The topological polar surface area (TPSA) is 139 Å². The molecule has 0 amide bonds. The van der Waals surface area contributed by atoms with Gasteiger partial charge in [0.1, 0.15) is 61.5 Å². The van der Waals surface area contributed by atoms with E-state index < -0.39 is 73.0 Å². The van der Waals surface area contributed by atoms with Crippen LogP contribution in [-0.4, -0.2) is 97.9 Å². The number of hydrogen-bond acceptors (Lipinski definition) is 13. The Labute approximate surface area is 429 Å². The van der Waals surface area contributed by atoms with Crippen molar-refractivity contribution in [3.63, 3.8) is 0 Å². The molecule has 0 radical (unpaired) electrons. The second-order valence-corrected chi connectivity index (χ2v) is 19.2. The highest BCUT2D eigenvalue weighted by Crippen LogP contribution is 2.42. The number of ether oxygens (including phenoxy) is 11. The van der Waals surface area contributed by atoms with E-state index in [1.165, 1.54) is 0 Å². The van der Waals surface area contributed by atoms with Crippen molar-refractivity contribution in [2.45, 2.75) is 121 Å². The average molecular weight is 997 g/mol. The number of hydrogen-bond donors (Lipinski definition) is 1. The van der Waals surface area contributed by atoms with Gasteiger partial charge in [0.05, 0.1) is 52.9 Å². The van der Waals surface area contributed by atoms with Crippen LogP contribution in [0.15, 0.2) is 182 Å². The molecule has 2 aliphatic rings. The van der Waals surface area contributed by atoms with Gasteiger partial charge in [-0.3, -0.25) is 0 Å². The van der Waals surface area contributed by atoms with Crippen LogP contribution in [0.1, 0.15) is 54.2 Å². The van der Waals surface area contributed by atoms with Gasteiger partial charge in [0.15, 0.2) is 6.29 Å². The van der Waals surface area contributed by atoms with E-state index in [0.717, 1.165) is 33.4 Å². The largest absolute Gasteiger partial charge is 0.458 e. The van der Waals surface area contributed by atoms with Gasteiger partial charge < -0.3 is 57.2 Å². The fraction of sp³-hybridized carbons (Fsp3) is 0.383. The number of aliphatic hydroxyl groups is 1. The Hall–Kier alpha value is -5.65. The average Bonchev–Trinajstić information content (AvgIpc) is 3.70. The highest BCUT2D eigenvalue weighted by Gasteiger charge is 2.61. The van der Waals surface area contributed by atoms with Crippen LogP contribution >= 0.6 is 0 Å². The summed E-state index contributed by atoms with van der Waals surface area (Å²) in [4.78, 5) is 13.1. The summed E-state index contributed by atoms with van der Waals surface area (Å²) in [7, 11) is 0. The molecule has 8 rings (SSSR count). The summed E-state index contributed by atoms with van der Waals surface area (Å²) in [5.41, 5.74) is 4.72. The van der Waals surface area contributed by atoms with Crippen molar-refractivity contribution in [3.05, 3.63) is 215 Å². The van der Waals surface area contributed by atoms with Crippen LogP contribution in [0.2, 0.25) is 0 Å². The molecule has 1 N–H and O–H groups in total. The van der Waals surface area contributed by atoms with E-state index in [0.29, 0.717) is 0 Å². The van der Waals surface area contributed by atoms with Gasteiger partial charge in [0.2, 0.25) is 5.79 Å². The van der Waals surface area contributed by atoms with E-state index in [1.807, 2.05) is 182 Å². The summed E-state index contributed by atoms with van der Waals surface area (Å²) in [6, 6.07) is 58.7. The molecule has 73 heavy (non-hydrogen) atoms. The fourth-order valence-electron chi connectivity index (χ4n) is 8.85. The Bertz CT molecular complexity index is 2480. The van der Waals surface area contributed by atoms with Crippen molar-refractivity contribution in [1.29, 1.82) is 0 Å². The summed E-state index contributed by atoms with van der Waals surface area (Å²) in [5.74, 6) is -2.36. The van der Waals surface area contributed by atoms with E-state index in [-0.39, 0.29) is 59.5 Å². The Morgan fingerprint density at radius 1 is 0.493 bits per heavy atom. The zero-order valence-electron chi connectivity index (χ0n) is 41.9. The van der Waals surface area contributed by atoms with Crippen LogP contribution in [0.5, 0.6) is 0 Å². The van der Waals surface area contributed by atoms with Crippen molar-refractivity contribution >= 4 is 5.97 Å². The minimum absolute atomic E-state index is 0.135. The lowest BCUT2D eigenvalue weighted by Crippen LogP contribution is -2.65. The van der Waals surface area contributed by atoms with E-state index >= 15 is 0 Å². The Morgan fingerprint density at radius 2 is 0.890 bits per heavy atom. The molecule has 0 unspecified atom stereocenters. The standard InChI is InChI=1S/C60H68O13/c1-59(2,3)72-52(62)42-63-41-51-53(65-36-45-24-12-5-13-25-45)55(67-38-47-28-16-7-17-29-47)56(68-39-48-30-18-8-19-31-48)58(70-51)73-60(43-64-35-44-22-10-4-11-23-44)57(69-40-49-32-20-9-21-33-49)54(50(34-61)71-60)66-37-46-26-14-6-15-27-46/h4-33,50-51,53-58,61H,34-43H2,1-3H3/t50-,51-,53-,54-,55+,56-,57+,58-,60+/m1/s1. The first kappa shape index (κ1) is 53.6. The van der Waals surface area contributed by atoms with Gasteiger partial charge in [0, 0.05) is 0 Å². The Morgan fingerprint density at radius 3 is 1.33 bits per heavy atom. The molecule has 9 atom stereocenters. The number of aliphatic hydroxyl groups excluding tert-OH is 1. The Kier molecular flexibility index (Phi) is 19.9. The van der Waals surface area contributed by atoms with Gasteiger partial charge in [0.25, 0.3) is 0 Å². The van der Waals surface area contributed by atoms with Crippen molar-refractivity contribution < 1.29 is 62.0 Å². The van der Waals surface area contributed by atoms with Crippen LogP contribution in [0.3, 0.4) is 0 Å². The predicted octanol–water partition coefficient (Wildman–Crippen LogP) is 9.32. The molecule has 13 heteroatoms. The molecule has 6 aromatic rings. The first-order valence-corrected chi connectivity index (χ1v) is 25.0. The molecular formula is C60H68O13. The molecule has 386 valence electrons. The van der Waals surface area contributed by atoms with Crippen molar-refractivity contribution in [1.82, 2.24) is 0 Å². The number of carbonyl (C=O) groups excluding carboxylic acids is 1. The number of esters is 1. The minimum atomic E-state index is -1.82. The van der Waals surface area contributed by atoms with Crippen molar-refractivity contribution in [3.8, 4) is 0 Å². The number of rotatable bonds is 26. The van der Waals surface area contributed by atoms with Crippen molar-refractivity contribution in [2.24, 2.45) is 0 Å². The molecule has 0 aromatic heterocycles. The third-order valence-corrected chi connectivity index (χ3v) is 12.3. The Balaban J connectivity index is 1.21. The molecule has 0 bridgehead atoms. The molecule has 6 aromatic carbocycles. The smallest absolute Gasteiger partial charge is 0.332 e. The lowest BCUT2D eigenvalue weighted by atomic mass is 9.97. The van der Waals surface area contributed by atoms with Crippen LogP contribution in [0, 0.1) is 0 Å². The third kappa shape index (κ3) is 15.9. The van der Waals surface area contributed by atoms with Crippen LogP contribution in [0.4, 0.5) is 0 Å². The molecule has 2 fully saturated rings. The summed E-state index contributed by atoms with van der Waals surface area (Å²) >= 11 is 0. The van der Waals surface area contributed by atoms with E-state index in [4.69, 9.17) is 52.1 Å². The molecule has 2 aliphatic heterocycles. The SMILES string of the molecule is CC(C)(C)OC(=O)COC[C@H]1O[C@H](O[C@]2(COCc3ccccc3)O[C@H](CO)[C@@H](OCc3ccccc3)[C@@H]2OCc2ccccc2)[C@H](OCc2ccccc2)[C@@H](OCc2ccccc2)[C@@H]1OCc1ccccc1. The molecular weight excluding hydrogens is 929 g/mol. The maximum absolute atomic E-state index is 13.1. The minimum Gasteiger partial charge on any atom is -0.458 e. The number of benzene rings is 6. The van der Waals surface area contributed by atoms with Gasteiger partial charge in [-0.25, -0.2) is 4.79 Å². The molecule has 2 heterocycles. The van der Waals surface area contributed by atoms with Crippen LogP contribution in [-0.2, 0) is 96.5 Å². The molecule has 13 nitrogen and oxygen atoms in total. The maximum atomic E-state index is 13.1. The predicted molar refractivity (Wildman–Crippen MR) is 272 cm³/mol. The van der Waals surface area contributed by atoms with Gasteiger partial charge in [-0.05, 0) is 54.2 Å². The quantitative estimate of drug-likeness (QED) is 0.0517. The summed E-state index contributed by atoms with van der Waals surface area (Å²) in [6.07, 6.45) is -7.86. The second kappa shape index (κ2) is 27.0. The molecule has 0 spiro atoms. The van der Waals surface area contributed by atoms with Gasteiger partial charge >= 0.3 is 5.97 Å². The summed E-state index contributed by atoms with van der Waals surface area (Å²) in [6.45, 7) is 5.30. The lowest BCUT2D eigenvalue weighted by molar-refractivity contribution is -0.398. The van der Waals surface area contributed by atoms with Crippen LogP contribution < -0.4 is 0 Å². The molecule has 2 saturated heterocycles. The summed E-state index contributed by atoms with van der Waals surface area (Å²) in [5, 5.41) is 11.2. The number of carbonyl (C=O) groups is 1.